The molecule has 1 aromatic heterocycles. The molecule has 7 nitrogen and oxygen atoms in total. The van der Waals surface area contributed by atoms with Crippen LogP contribution in [0, 0.1) is 0 Å². The van der Waals surface area contributed by atoms with E-state index in [1.54, 1.807) is 18.4 Å². The van der Waals surface area contributed by atoms with Crippen molar-refractivity contribution in [3.8, 4) is 0 Å². The van der Waals surface area contributed by atoms with Crippen molar-refractivity contribution in [3.05, 3.63) is 17.5 Å². The average Bonchev–Trinajstić information content (AvgIpc) is 3.11. The highest BCUT2D eigenvalue weighted by molar-refractivity contribution is 7.90. The quantitative estimate of drug-likeness (QED) is 0.392. The number of nitrogens with zero attached hydrogens (tertiary/aromatic N) is 2. The molecule has 25 heavy (non-hydrogen) atoms. The molecule has 1 saturated heterocycles. The first-order chi connectivity index (χ1) is 12.0. The van der Waals surface area contributed by atoms with Gasteiger partial charge in [-0.2, -0.15) is 0 Å². The van der Waals surface area contributed by atoms with E-state index >= 15 is 0 Å². The number of ether oxygens (including phenoxy) is 1. The lowest BCUT2D eigenvalue weighted by atomic mass is 10.1. The number of guanidine groups is 1. The smallest absolute Gasteiger partial charge is 0.191 e. The van der Waals surface area contributed by atoms with Crippen molar-refractivity contribution in [2.24, 2.45) is 4.99 Å². The van der Waals surface area contributed by atoms with E-state index in [-0.39, 0.29) is 12.4 Å². The van der Waals surface area contributed by atoms with Gasteiger partial charge in [0.2, 0.25) is 0 Å². The fourth-order valence-electron chi connectivity index (χ4n) is 2.64. The molecule has 142 valence electrons. The van der Waals surface area contributed by atoms with Gasteiger partial charge >= 0.3 is 0 Å². The molecule has 1 aliphatic rings. The zero-order valence-corrected chi connectivity index (χ0v) is 16.5. The van der Waals surface area contributed by atoms with Crippen LogP contribution in [0.4, 0.5) is 5.00 Å². The lowest BCUT2D eigenvalue weighted by Gasteiger charge is -2.33. The van der Waals surface area contributed by atoms with Crippen molar-refractivity contribution in [3.63, 3.8) is 0 Å². The molecule has 2 rings (SSSR count). The molecule has 0 atom stereocenters. The summed E-state index contributed by atoms with van der Waals surface area (Å²) in [5.41, 5.74) is 0. The highest BCUT2D eigenvalue weighted by Gasteiger charge is 2.20. The third kappa shape index (κ3) is 7.62. The Morgan fingerprint density at radius 2 is 2.16 bits per heavy atom. The number of hydrogen-bond acceptors (Lipinski definition) is 6. The highest BCUT2D eigenvalue weighted by atomic mass is 32.2. The van der Waals surface area contributed by atoms with Crippen LogP contribution in [0.25, 0.3) is 0 Å². The summed E-state index contributed by atoms with van der Waals surface area (Å²) in [4.78, 5) is 6.66. The van der Waals surface area contributed by atoms with Gasteiger partial charge < -0.3 is 20.3 Å². The molecule has 0 spiro atoms. The van der Waals surface area contributed by atoms with E-state index in [4.69, 9.17) is 4.74 Å². The van der Waals surface area contributed by atoms with E-state index in [0.717, 1.165) is 31.9 Å². The molecule has 0 saturated carbocycles. The van der Waals surface area contributed by atoms with Crippen LogP contribution >= 0.6 is 11.3 Å². The molecule has 9 heteroatoms. The van der Waals surface area contributed by atoms with Crippen LogP contribution in [-0.2, 0) is 14.6 Å². The highest BCUT2D eigenvalue weighted by Crippen LogP contribution is 2.24. The molecule has 0 bridgehead atoms. The molecule has 0 radical (unpaired) electrons. The molecular weight excluding hydrogens is 360 g/mol. The van der Waals surface area contributed by atoms with Gasteiger partial charge in [0.1, 0.15) is 9.84 Å². The molecule has 2 heterocycles. The van der Waals surface area contributed by atoms with Gasteiger partial charge in [-0.05, 0) is 30.4 Å². The number of nitrogens with one attached hydrogen (secondary N) is 2. The molecule has 0 aromatic carbocycles. The number of hydrogen-bond donors (Lipinski definition) is 2. The summed E-state index contributed by atoms with van der Waals surface area (Å²) in [7, 11) is -1.21. The van der Waals surface area contributed by atoms with Crippen LogP contribution in [0.3, 0.4) is 0 Å². The van der Waals surface area contributed by atoms with Crippen LogP contribution in [0.5, 0.6) is 0 Å². The average molecular weight is 389 g/mol. The minimum atomic E-state index is -2.96. The number of anilines is 1. The second kappa shape index (κ2) is 9.98. The maximum absolute atomic E-state index is 11.0. The van der Waals surface area contributed by atoms with Gasteiger partial charge in [-0.15, -0.1) is 11.3 Å². The van der Waals surface area contributed by atoms with Crippen LogP contribution in [0.2, 0.25) is 0 Å². The van der Waals surface area contributed by atoms with Gasteiger partial charge in [0.25, 0.3) is 0 Å². The van der Waals surface area contributed by atoms with E-state index in [9.17, 15) is 8.42 Å². The molecule has 0 amide bonds. The molecule has 1 fully saturated rings. The number of sulfone groups is 1. The Hall–Kier alpha value is -1.32. The Morgan fingerprint density at radius 3 is 2.76 bits per heavy atom. The predicted molar refractivity (Wildman–Crippen MR) is 105 cm³/mol. The topological polar surface area (TPSA) is 83.0 Å². The van der Waals surface area contributed by atoms with E-state index < -0.39 is 9.84 Å². The summed E-state index contributed by atoms with van der Waals surface area (Å²) in [6.07, 6.45) is 3.36. The van der Waals surface area contributed by atoms with Crippen molar-refractivity contribution in [2.75, 3.05) is 56.8 Å². The second-order valence-electron chi connectivity index (χ2n) is 6.10. The Morgan fingerprint density at radius 1 is 1.40 bits per heavy atom. The van der Waals surface area contributed by atoms with Gasteiger partial charge in [-0.1, -0.05) is 0 Å². The monoisotopic (exact) mass is 388 g/mol. The maximum Gasteiger partial charge on any atom is 0.191 e. The fourth-order valence-corrected chi connectivity index (χ4v) is 3.84. The first-order valence-electron chi connectivity index (χ1n) is 8.49. The van der Waals surface area contributed by atoms with E-state index in [1.165, 1.54) is 11.3 Å². The Balaban J connectivity index is 1.61. The summed E-state index contributed by atoms with van der Waals surface area (Å²) >= 11 is 1.79. The zero-order chi connectivity index (χ0) is 18.1. The first-order valence-corrected chi connectivity index (χ1v) is 11.4. The number of rotatable bonds is 8. The summed E-state index contributed by atoms with van der Waals surface area (Å²) < 4.78 is 27.3. The molecule has 0 unspecified atom stereocenters. The summed E-state index contributed by atoms with van der Waals surface area (Å²) in [6.45, 7) is 3.37. The van der Waals surface area contributed by atoms with Crippen molar-refractivity contribution in [2.45, 2.75) is 18.9 Å². The molecule has 1 aliphatic heterocycles. The van der Waals surface area contributed by atoms with Gasteiger partial charge in [0.05, 0.1) is 24.0 Å². The van der Waals surface area contributed by atoms with Crippen LogP contribution in [0.15, 0.2) is 22.5 Å². The zero-order valence-electron chi connectivity index (χ0n) is 14.9. The molecule has 1 aromatic rings. The Bertz CT molecular complexity index is 624. The third-order valence-electron chi connectivity index (χ3n) is 4.01. The third-order valence-corrected chi connectivity index (χ3v) is 5.85. The predicted octanol–water partition coefficient (Wildman–Crippen LogP) is 0.943. The minimum absolute atomic E-state index is 0.0583. The van der Waals surface area contributed by atoms with Crippen molar-refractivity contribution >= 4 is 32.1 Å². The summed E-state index contributed by atoms with van der Waals surface area (Å²) in [5, 5.41) is 10.1. The van der Waals surface area contributed by atoms with E-state index in [1.807, 2.05) is 0 Å². The van der Waals surface area contributed by atoms with Crippen LogP contribution < -0.4 is 15.5 Å². The fraction of sp³-hybridized carbons (Fsp3) is 0.688. The van der Waals surface area contributed by atoms with Gasteiger partial charge in [0, 0.05) is 39.0 Å². The SMILES string of the molecule is CN=C(NCCOCCS(C)(=O)=O)NC1CCN(c2cccs2)CC1. The van der Waals surface area contributed by atoms with Gasteiger partial charge in [0.15, 0.2) is 5.96 Å². The number of thiophene rings is 1. The normalized spacial score (nSPS) is 16.9. The number of aliphatic imine (C=N–C) groups is 1. The van der Waals surface area contributed by atoms with Crippen molar-refractivity contribution in [1.82, 2.24) is 10.6 Å². The van der Waals surface area contributed by atoms with Crippen LogP contribution in [0.1, 0.15) is 12.8 Å². The van der Waals surface area contributed by atoms with Crippen molar-refractivity contribution in [1.29, 1.82) is 0 Å². The lowest BCUT2D eigenvalue weighted by Crippen LogP contribution is -2.49. The molecule has 2 N–H and O–H groups in total. The molecular formula is C16H28N4O3S2. The van der Waals surface area contributed by atoms with E-state index in [0.29, 0.717) is 19.2 Å². The minimum Gasteiger partial charge on any atom is -0.379 e. The van der Waals surface area contributed by atoms with Crippen molar-refractivity contribution < 1.29 is 13.2 Å². The van der Waals surface area contributed by atoms with Gasteiger partial charge in [-0.3, -0.25) is 4.99 Å². The maximum atomic E-state index is 11.0. The molecule has 0 aliphatic carbocycles. The Labute approximate surface area is 154 Å². The largest absolute Gasteiger partial charge is 0.379 e. The van der Waals surface area contributed by atoms with Crippen LogP contribution in [-0.4, -0.2) is 72.3 Å². The standard InChI is InChI=1S/C16H28N4O3S2/c1-17-16(18-7-10-23-11-13-25(2,21)22)19-14-5-8-20(9-6-14)15-4-3-12-24-15/h3-4,12,14H,5-11,13H2,1-2H3,(H2,17,18,19). The first kappa shape index (κ1) is 20.0. The number of piperidine rings is 1. The van der Waals surface area contributed by atoms with Gasteiger partial charge in [-0.25, -0.2) is 8.42 Å². The summed E-state index contributed by atoms with van der Waals surface area (Å²) in [6, 6.07) is 4.67. The second-order valence-corrected chi connectivity index (χ2v) is 9.28. The summed E-state index contributed by atoms with van der Waals surface area (Å²) in [5.74, 6) is 0.823. The van der Waals surface area contributed by atoms with E-state index in [2.05, 4.69) is 38.0 Å². The Kier molecular flexibility index (Phi) is 7.98. The lowest BCUT2D eigenvalue weighted by molar-refractivity contribution is 0.154.